The monoisotopic (exact) mass is 322 g/mol. The molecule has 2 aromatic heterocycles. The van der Waals surface area contributed by atoms with E-state index in [9.17, 15) is 0 Å². The van der Waals surface area contributed by atoms with Crippen molar-refractivity contribution in [2.75, 3.05) is 13.1 Å². The Morgan fingerprint density at radius 1 is 1.37 bits per heavy atom. The number of hydrogen-bond acceptors (Lipinski definition) is 3. The summed E-state index contributed by atoms with van der Waals surface area (Å²) < 4.78 is 3.16. The minimum Gasteiger partial charge on any atom is -0.316 e. The van der Waals surface area contributed by atoms with Crippen LogP contribution < -0.4 is 5.32 Å². The predicted octanol–water partition coefficient (Wildman–Crippen LogP) is 2.77. The van der Waals surface area contributed by atoms with Crippen molar-refractivity contribution < 1.29 is 0 Å². The highest BCUT2D eigenvalue weighted by molar-refractivity contribution is 9.10. The number of pyridine rings is 1. The van der Waals surface area contributed by atoms with Crippen molar-refractivity contribution in [1.82, 2.24) is 19.9 Å². The largest absolute Gasteiger partial charge is 0.316 e. The van der Waals surface area contributed by atoms with Crippen LogP contribution in [0.25, 0.3) is 5.65 Å². The molecular weight excluding hydrogens is 304 g/mol. The molecule has 0 spiro atoms. The van der Waals surface area contributed by atoms with Gasteiger partial charge in [-0.1, -0.05) is 13.8 Å². The lowest BCUT2D eigenvalue weighted by Crippen LogP contribution is -2.41. The van der Waals surface area contributed by atoms with Crippen LogP contribution in [0, 0.1) is 5.92 Å². The average Bonchev–Trinajstić information content (AvgIpc) is 2.83. The normalized spacial score (nSPS) is 20.9. The van der Waals surface area contributed by atoms with Crippen molar-refractivity contribution in [2.45, 2.75) is 32.1 Å². The molecular formula is C14H19BrN4. The Kier molecular flexibility index (Phi) is 3.35. The van der Waals surface area contributed by atoms with Crippen molar-refractivity contribution in [3.63, 3.8) is 0 Å². The first-order chi connectivity index (χ1) is 9.09. The molecule has 1 aliphatic rings. The summed E-state index contributed by atoms with van der Waals surface area (Å²) in [6.45, 7) is 6.76. The fraction of sp³-hybridized carbons (Fsp3) is 0.571. The standard InChI is InChI=1S/C14H19BrN4/c1-14(2,10-4-3-7-16-8-10)13-18-17-12-6-5-11(15)9-19(12)13/h5-6,9-10,16H,3-4,7-8H2,1-2H3. The highest BCUT2D eigenvalue weighted by atomic mass is 79.9. The number of aromatic nitrogens is 3. The summed E-state index contributed by atoms with van der Waals surface area (Å²) in [6.07, 6.45) is 4.56. The molecule has 3 heterocycles. The molecule has 2 aromatic rings. The van der Waals surface area contributed by atoms with E-state index in [1.807, 2.05) is 12.1 Å². The van der Waals surface area contributed by atoms with Gasteiger partial charge in [-0.3, -0.25) is 4.40 Å². The quantitative estimate of drug-likeness (QED) is 0.924. The van der Waals surface area contributed by atoms with Crippen molar-refractivity contribution in [2.24, 2.45) is 5.92 Å². The molecule has 1 atom stereocenters. The Morgan fingerprint density at radius 2 is 2.21 bits per heavy atom. The third-order valence-electron chi connectivity index (χ3n) is 4.26. The van der Waals surface area contributed by atoms with Crippen LogP contribution in [0.5, 0.6) is 0 Å². The Morgan fingerprint density at radius 3 is 2.95 bits per heavy atom. The van der Waals surface area contributed by atoms with Gasteiger partial charge in [0.25, 0.3) is 0 Å². The molecule has 19 heavy (non-hydrogen) atoms. The fourth-order valence-electron chi connectivity index (χ4n) is 2.95. The Hall–Kier alpha value is -0.940. The molecule has 1 saturated heterocycles. The van der Waals surface area contributed by atoms with Crippen molar-refractivity contribution in [3.05, 3.63) is 28.6 Å². The maximum atomic E-state index is 4.45. The van der Waals surface area contributed by atoms with Crippen LogP contribution in [0.2, 0.25) is 0 Å². The van der Waals surface area contributed by atoms with Gasteiger partial charge in [0.05, 0.1) is 0 Å². The summed E-state index contributed by atoms with van der Waals surface area (Å²) in [7, 11) is 0. The number of hydrogen-bond donors (Lipinski definition) is 1. The second-order valence-electron chi connectivity index (χ2n) is 5.86. The second-order valence-corrected chi connectivity index (χ2v) is 6.78. The van der Waals surface area contributed by atoms with Crippen LogP contribution in [-0.2, 0) is 5.41 Å². The van der Waals surface area contributed by atoms with Crippen molar-refractivity contribution >= 4 is 21.6 Å². The van der Waals surface area contributed by atoms with E-state index >= 15 is 0 Å². The summed E-state index contributed by atoms with van der Waals surface area (Å²) in [5, 5.41) is 12.2. The van der Waals surface area contributed by atoms with E-state index in [0.717, 1.165) is 29.0 Å². The number of rotatable bonds is 2. The number of nitrogens with zero attached hydrogens (tertiary/aromatic N) is 3. The van der Waals surface area contributed by atoms with Gasteiger partial charge in [-0.05, 0) is 59.9 Å². The highest BCUT2D eigenvalue weighted by Gasteiger charge is 2.36. The van der Waals surface area contributed by atoms with Crippen LogP contribution in [0.4, 0.5) is 0 Å². The van der Waals surface area contributed by atoms with Gasteiger partial charge in [-0.15, -0.1) is 10.2 Å². The molecule has 0 bridgehead atoms. The third-order valence-corrected chi connectivity index (χ3v) is 4.73. The van der Waals surface area contributed by atoms with Gasteiger partial charge in [-0.25, -0.2) is 0 Å². The lowest BCUT2D eigenvalue weighted by molar-refractivity contribution is 0.240. The first-order valence-electron chi connectivity index (χ1n) is 6.80. The van der Waals surface area contributed by atoms with Crippen molar-refractivity contribution in [3.8, 4) is 0 Å². The van der Waals surface area contributed by atoms with Gasteiger partial charge in [0, 0.05) is 16.1 Å². The number of piperidine rings is 1. The van der Waals surface area contributed by atoms with Gasteiger partial charge in [-0.2, -0.15) is 0 Å². The molecule has 0 aromatic carbocycles. The van der Waals surface area contributed by atoms with Crippen LogP contribution in [-0.4, -0.2) is 27.7 Å². The fourth-order valence-corrected chi connectivity index (χ4v) is 3.29. The van der Waals surface area contributed by atoms with E-state index < -0.39 is 0 Å². The van der Waals surface area contributed by atoms with E-state index in [2.05, 4.69) is 55.9 Å². The van der Waals surface area contributed by atoms with Crippen LogP contribution in [0.1, 0.15) is 32.5 Å². The Labute approximate surface area is 121 Å². The van der Waals surface area contributed by atoms with E-state index in [4.69, 9.17) is 0 Å². The maximum Gasteiger partial charge on any atom is 0.160 e. The molecule has 0 amide bonds. The third kappa shape index (κ3) is 2.30. The highest BCUT2D eigenvalue weighted by Crippen LogP contribution is 2.34. The van der Waals surface area contributed by atoms with Gasteiger partial charge in [0.2, 0.25) is 0 Å². The van der Waals surface area contributed by atoms with Gasteiger partial charge >= 0.3 is 0 Å². The zero-order valence-electron chi connectivity index (χ0n) is 11.4. The lowest BCUT2D eigenvalue weighted by atomic mass is 9.74. The van der Waals surface area contributed by atoms with Gasteiger partial charge in [0.1, 0.15) is 5.82 Å². The van der Waals surface area contributed by atoms with E-state index in [1.54, 1.807) is 0 Å². The van der Waals surface area contributed by atoms with E-state index in [-0.39, 0.29) is 5.41 Å². The zero-order chi connectivity index (χ0) is 13.5. The molecule has 0 saturated carbocycles. The molecule has 1 aliphatic heterocycles. The molecule has 0 radical (unpaired) electrons. The Bertz CT molecular complexity index is 584. The molecule has 5 heteroatoms. The smallest absolute Gasteiger partial charge is 0.160 e. The lowest BCUT2D eigenvalue weighted by Gasteiger charge is -2.35. The first kappa shape index (κ1) is 13.1. The van der Waals surface area contributed by atoms with E-state index in [1.165, 1.54) is 12.8 Å². The first-order valence-corrected chi connectivity index (χ1v) is 7.60. The molecule has 102 valence electrons. The van der Waals surface area contributed by atoms with Gasteiger partial charge in [0.15, 0.2) is 5.65 Å². The molecule has 4 nitrogen and oxygen atoms in total. The maximum absolute atomic E-state index is 4.45. The molecule has 1 fully saturated rings. The predicted molar refractivity (Wildman–Crippen MR) is 79.3 cm³/mol. The number of nitrogens with one attached hydrogen (secondary N) is 1. The van der Waals surface area contributed by atoms with Gasteiger partial charge < -0.3 is 5.32 Å². The topological polar surface area (TPSA) is 42.2 Å². The summed E-state index contributed by atoms with van der Waals surface area (Å²) in [4.78, 5) is 0. The summed E-state index contributed by atoms with van der Waals surface area (Å²) in [6, 6.07) is 4.00. The Balaban J connectivity index is 2.04. The van der Waals surface area contributed by atoms with Crippen LogP contribution >= 0.6 is 15.9 Å². The van der Waals surface area contributed by atoms with Crippen molar-refractivity contribution in [1.29, 1.82) is 0 Å². The molecule has 1 N–H and O–H groups in total. The zero-order valence-corrected chi connectivity index (χ0v) is 12.9. The van der Waals surface area contributed by atoms with E-state index in [0.29, 0.717) is 5.92 Å². The number of fused-ring (bicyclic) bond motifs is 1. The molecule has 1 unspecified atom stereocenters. The molecule has 3 rings (SSSR count). The average molecular weight is 323 g/mol. The molecule has 0 aliphatic carbocycles. The SMILES string of the molecule is CC(C)(c1nnc2ccc(Br)cn12)C1CCCNC1. The summed E-state index contributed by atoms with van der Waals surface area (Å²) >= 11 is 3.53. The van der Waals surface area contributed by atoms with Crippen LogP contribution in [0.15, 0.2) is 22.8 Å². The summed E-state index contributed by atoms with van der Waals surface area (Å²) in [5.74, 6) is 1.66. The van der Waals surface area contributed by atoms with Crippen LogP contribution in [0.3, 0.4) is 0 Å². The minimum atomic E-state index is 0.0215. The minimum absolute atomic E-state index is 0.0215. The number of halogens is 1. The summed E-state index contributed by atoms with van der Waals surface area (Å²) in [5.41, 5.74) is 0.934. The second kappa shape index (κ2) is 4.87.